The first-order chi connectivity index (χ1) is 13.0. The summed E-state index contributed by atoms with van der Waals surface area (Å²) in [5.74, 6) is -0.285. The summed E-state index contributed by atoms with van der Waals surface area (Å²) in [6.45, 7) is 2.38. The summed E-state index contributed by atoms with van der Waals surface area (Å²) >= 11 is 0. The second kappa shape index (κ2) is 7.97. The standard InChI is InChI=1S/C21H21N3O3/c1-15(21(25)22-19-9-5-6-10-20(19)24(26)27)23(2)14-16-11-12-17-7-3-4-8-18(17)13-16/h3-13,15H,14H2,1-2H3,(H,22,25). The van der Waals surface area contributed by atoms with E-state index in [0.717, 1.165) is 10.9 Å². The third kappa shape index (κ3) is 4.30. The molecule has 138 valence electrons. The molecule has 3 aromatic carbocycles. The summed E-state index contributed by atoms with van der Waals surface area (Å²) in [6, 6.07) is 20.0. The number of hydrogen-bond donors (Lipinski definition) is 1. The number of anilines is 1. The molecule has 0 saturated heterocycles. The van der Waals surface area contributed by atoms with E-state index in [1.54, 1.807) is 19.1 Å². The number of nitrogens with one attached hydrogen (secondary N) is 1. The minimum absolute atomic E-state index is 0.116. The van der Waals surface area contributed by atoms with Crippen molar-refractivity contribution < 1.29 is 9.72 Å². The molecule has 0 aliphatic carbocycles. The van der Waals surface area contributed by atoms with E-state index in [0.29, 0.717) is 6.54 Å². The largest absolute Gasteiger partial charge is 0.319 e. The topological polar surface area (TPSA) is 75.5 Å². The van der Waals surface area contributed by atoms with Crippen LogP contribution in [0.5, 0.6) is 0 Å². The molecule has 6 heteroatoms. The van der Waals surface area contributed by atoms with Gasteiger partial charge in [0, 0.05) is 12.6 Å². The smallest absolute Gasteiger partial charge is 0.292 e. The molecular formula is C21H21N3O3. The van der Waals surface area contributed by atoms with E-state index in [4.69, 9.17) is 0 Å². The van der Waals surface area contributed by atoms with Gasteiger partial charge in [-0.1, -0.05) is 48.5 Å². The Labute approximate surface area is 157 Å². The fraction of sp³-hybridized carbons (Fsp3) is 0.190. The first-order valence-corrected chi connectivity index (χ1v) is 8.68. The number of nitro groups is 1. The molecule has 0 aromatic heterocycles. The highest BCUT2D eigenvalue weighted by Gasteiger charge is 2.21. The van der Waals surface area contributed by atoms with E-state index in [1.807, 2.05) is 30.1 Å². The maximum absolute atomic E-state index is 12.6. The Kier molecular flexibility index (Phi) is 5.47. The monoisotopic (exact) mass is 363 g/mol. The van der Waals surface area contributed by atoms with Crippen molar-refractivity contribution in [1.82, 2.24) is 4.90 Å². The average molecular weight is 363 g/mol. The molecule has 0 heterocycles. The van der Waals surface area contributed by atoms with E-state index in [2.05, 4.69) is 29.6 Å². The lowest BCUT2D eigenvalue weighted by atomic mass is 10.1. The highest BCUT2D eigenvalue weighted by atomic mass is 16.6. The lowest BCUT2D eigenvalue weighted by Gasteiger charge is -2.24. The number of fused-ring (bicyclic) bond motifs is 1. The van der Waals surface area contributed by atoms with Crippen LogP contribution in [0.4, 0.5) is 11.4 Å². The van der Waals surface area contributed by atoms with Crippen LogP contribution in [-0.4, -0.2) is 28.8 Å². The van der Waals surface area contributed by atoms with Gasteiger partial charge in [-0.05, 0) is 42.4 Å². The number of amides is 1. The number of rotatable bonds is 6. The zero-order valence-electron chi connectivity index (χ0n) is 15.3. The van der Waals surface area contributed by atoms with Crippen LogP contribution in [0.25, 0.3) is 10.8 Å². The van der Waals surface area contributed by atoms with Gasteiger partial charge in [0.25, 0.3) is 5.69 Å². The predicted molar refractivity (Wildman–Crippen MR) is 107 cm³/mol. The molecule has 0 spiro atoms. The van der Waals surface area contributed by atoms with Gasteiger partial charge < -0.3 is 5.32 Å². The lowest BCUT2D eigenvalue weighted by Crippen LogP contribution is -2.39. The van der Waals surface area contributed by atoms with Gasteiger partial charge in [-0.15, -0.1) is 0 Å². The van der Waals surface area contributed by atoms with Crippen molar-refractivity contribution in [2.24, 2.45) is 0 Å². The summed E-state index contributed by atoms with van der Waals surface area (Å²) < 4.78 is 0. The molecule has 3 rings (SSSR count). The molecule has 1 amide bonds. The maximum atomic E-state index is 12.6. The normalized spacial score (nSPS) is 12.1. The van der Waals surface area contributed by atoms with Crippen molar-refractivity contribution in [3.63, 3.8) is 0 Å². The average Bonchev–Trinajstić information content (AvgIpc) is 2.67. The Morgan fingerprint density at radius 1 is 1.07 bits per heavy atom. The van der Waals surface area contributed by atoms with Gasteiger partial charge in [0.1, 0.15) is 5.69 Å². The Morgan fingerprint density at radius 3 is 2.48 bits per heavy atom. The van der Waals surface area contributed by atoms with Crippen molar-refractivity contribution in [2.75, 3.05) is 12.4 Å². The summed E-state index contributed by atoms with van der Waals surface area (Å²) in [6.07, 6.45) is 0. The van der Waals surface area contributed by atoms with Gasteiger partial charge in [0.2, 0.25) is 5.91 Å². The second-order valence-electron chi connectivity index (χ2n) is 6.54. The van der Waals surface area contributed by atoms with Crippen LogP contribution < -0.4 is 5.32 Å². The molecule has 27 heavy (non-hydrogen) atoms. The number of hydrogen-bond acceptors (Lipinski definition) is 4. The number of nitrogens with zero attached hydrogens (tertiary/aromatic N) is 2. The third-order valence-electron chi connectivity index (χ3n) is 4.65. The Balaban J connectivity index is 1.69. The molecule has 1 N–H and O–H groups in total. The van der Waals surface area contributed by atoms with E-state index < -0.39 is 11.0 Å². The number of nitro benzene ring substituents is 1. The first-order valence-electron chi connectivity index (χ1n) is 8.68. The van der Waals surface area contributed by atoms with E-state index in [1.165, 1.54) is 17.5 Å². The van der Waals surface area contributed by atoms with Crippen LogP contribution in [0.2, 0.25) is 0 Å². The minimum Gasteiger partial charge on any atom is -0.319 e. The molecule has 0 saturated carbocycles. The van der Waals surface area contributed by atoms with Crippen molar-refractivity contribution in [2.45, 2.75) is 19.5 Å². The molecule has 1 unspecified atom stereocenters. The zero-order chi connectivity index (χ0) is 19.4. The number of benzene rings is 3. The Morgan fingerprint density at radius 2 is 1.74 bits per heavy atom. The highest BCUT2D eigenvalue weighted by molar-refractivity contribution is 5.96. The van der Waals surface area contributed by atoms with Gasteiger partial charge in [-0.3, -0.25) is 19.8 Å². The van der Waals surface area contributed by atoms with E-state index >= 15 is 0 Å². The summed E-state index contributed by atoms with van der Waals surface area (Å²) in [5.41, 5.74) is 1.19. The predicted octanol–water partition coefficient (Wildman–Crippen LogP) is 4.21. The minimum atomic E-state index is -0.501. The van der Waals surface area contributed by atoms with E-state index in [-0.39, 0.29) is 17.3 Å². The molecular weight excluding hydrogens is 342 g/mol. The molecule has 0 aliphatic heterocycles. The van der Waals surface area contributed by atoms with Crippen molar-refractivity contribution in [1.29, 1.82) is 0 Å². The fourth-order valence-electron chi connectivity index (χ4n) is 2.94. The van der Waals surface area contributed by atoms with Crippen LogP contribution in [0.15, 0.2) is 66.7 Å². The molecule has 3 aromatic rings. The van der Waals surface area contributed by atoms with Gasteiger partial charge in [-0.2, -0.15) is 0 Å². The van der Waals surface area contributed by atoms with Gasteiger partial charge >= 0.3 is 0 Å². The van der Waals surface area contributed by atoms with Crippen molar-refractivity contribution in [3.8, 4) is 0 Å². The quantitative estimate of drug-likeness (QED) is 0.526. The zero-order valence-corrected chi connectivity index (χ0v) is 15.3. The molecule has 6 nitrogen and oxygen atoms in total. The molecule has 1 atom stereocenters. The van der Waals surface area contributed by atoms with Crippen LogP contribution in [0, 0.1) is 10.1 Å². The van der Waals surface area contributed by atoms with E-state index in [9.17, 15) is 14.9 Å². The fourth-order valence-corrected chi connectivity index (χ4v) is 2.94. The third-order valence-corrected chi connectivity index (χ3v) is 4.65. The number of para-hydroxylation sites is 2. The second-order valence-corrected chi connectivity index (χ2v) is 6.54. The SMILES string of the molecule is CC(C(=O)Nc1ccccc1[N+](=O)[O-])N(C)Cc1ccc2ccccc2c1. The van der Waals surface area contributed by atoms with Crippen LogP contribution in [-0.2, 0) is 11.3 Å². The molecule has 0 bridgehead atoms. The van der Waals surface area contributed by atoms with Crippen LogP contribution in [0.3, 0.4) is 0 Å². The molecule has 0 radical (unpaired) electrons. The summed E-state index contributed by atoms with van der Waals surface area (Å²) in [4.78, 5) is 25.1. The van der Waals surface area contributed by atoms with Gasteiger partial charge in [0.15, 0.2) is 0 Å². The van der Waals surface area contributed by atoms with Crippen molar-refractivity contribution in [3.05, 3.63) is 82.4 Å². The lowest BCUT2D eigenvalue weighted by molar-refractivity contribution is -0.383. The van der Waals surface area contributed by atoms with Crippen LogP contribution >= 0.6 is 0 Å². The first kappa shape index (κ1) is 18.5. The highest BCUT2D eigenvalue weighted by Crippen LogP contribution is 2.24. The van der Waals surface area contributed by atoms with Crippen LogP contribution in [0.1, 0.15) is 12.5 Å². The van der Waals surface area contributed by atoms with Crippen molar-refractivity contribution >= 4 is 28.1 Å². The summed E-state index contributed by atoms with van der Waals surface area (Å²) in [7, 11) is 1.86. The van der Waals surface area contributed by atoms with Gasteiger partial charge in [0.05, 0.1) is 11.0 Å². The molecule has 0 fully saturated rings. The Hall–Kier alpha value is -3.25. The Bertz CT molecular complexity index is 987. The number of carbonyl (C=O) groups excluding carboxylic acids is 1. The summed E-state index contributed by atoms with van der Waals surface area (Å²) in [5, 5.41) is 16.1. The molecule has 0 aliphatic rings. The number of carbonyl (C=O) groups is 1. The van der Waals surface area contributed by atoms with Gasteiger partial charge in [-0.25, -0.2) is 0 Å². The number of likely N-dealkylation sites (N-methyl/N-ethyl adjacent to an activating group) is 1. The maximum Gasteiger partial charge on any atom is 0.292 e.